The Labute approximate surface area is 166 Å². The highest BCUT2D eigenvalue weighted by atomic mass is 16.3. The first-order valence-electron chi connectivity index (χ1n) is 10.9. The van der Waals surface area contributed by atoms with Crippen LogP contribution in [0.5, 0.6) is 0 Å². The van der Waals surface area contributed by atoms with Crippen LogP contribution in [0.15, 0.2) is 54.6 Å². The summed E-state index contributed by atoms with van der Waals surface area (Å²) in [5.74, 6) is 0. The van der Waals surface area contributed by atoms with Gasteiger partial charge in [-0.15, -0.1) is 0 Å². The quantitative estimate of drug-likeness (QED) is 0.344. The van der Waals surface area contributed by atoms with E-state index in [-0.39, 0.29) is 6.10 Å². The monoisotopic (exact) mass is 367 g/mol. The van der Waals surface area contributed by atoms with Gasteiger partial charge in [0.1, 0.15) is 0 Å². The van der Waals surface area contributed by atoms with Crippen LogP contribution in [-0.4, -0.2) is 11.2 Å². The second-order valence-corrected chi connectivity index (χ2v) is 7.64. The van der Waals surface area contributed by atoms with E-state index in [4.69, 9.17) is 0 Å². The highest BCUT2D eigenvalue weighted by molar-refractivity contribution is 5.59. The van der Waals surface area contributed by atoms with Gasteiger partial charge in [0.25, 0.3) is 0 Å². The molecule has 0 heterocycles. The minimum absolute atomic E-state index is 0.103. The van der Waals surface area contributed by atoms with Crippen LogP contribution in [0.2, 0.25) is 0 Å². The molecule has 1 unspecified atom stereocenters. The largest absolute Gasteiger partial charge is 0.393 e. The summed E-state index contributed by atoms with van der Waals surface area (Å²) in [6, 6.07) is 19.0. The molecule has 2 aromatic rings. The lowest BCUT2D eigenvalue weighted by atomic mass is 10.0. The molecule has 0 aliphatic rings. The zero-order valence-corrected chi connectivity index (χ0v) is 17.0. The number of para-hydroxylation sites is 1. The Morgan fingerprint density at radius 3 is 2.00 bits per heavy atom. The van der Waals surface area contributed by atoms with Crippen molar-refractivity contribution in [3.8, 4) is 0 Å². The normalized spacial score (nSPS) is 12.1. The van der Waals surface area contributed by atoms with Gasteiger partial charge in [0, 0.05) is 11.4 Å². The predicted molar refractivity (Wildman–Crippen MR) is 118 cm³/mol. The van der Waals surface area contributed by atoms with E-state index in [0.717, 1.165) is 43.5 Å². The summed E-state index contributed by atoms with van der Waals surface area (Å²) in [6.07, 6.45) is 13.0. The molecule has 0 fully saturated rings. The fraction of sp³-hybridized carbons (Fsp3) is 0.520. The summed E-state index contributed by atoms with van der Waals surface area (Å²) >= 11 is 0. The molecule has 2 heteroatoms. The lowest BCUT2D eigenvalue weighted by Crippen LogP contribution is -2.06. The Kier molecular flexibility index (Phi) is 10.7. The molecular formula is C25H37NO. The van der Waals surface area contributed by atoms with Crippen LogP contribution in [0, 0.1) is 0 Å². The number of aliphatic hydroxyl groups is 1. The molecule has 2 N–H and O–H groups in total. The van der Waals surface area contributed by atoms with Crippen molar-refractivity contribution in [1.29, 1.82) is 0 Å². The first-order chi connectivity index (χ1) is 13.3. The predicted octanol–water partition coefficient (Wildman–Crippen LogP) is 7.25. The van der Waals surface area contributed by atoms with E-state index < -0.39 is 0 Å². The molecule has 2 aromatic carbocycles. The Bertz CT molecular complexity index is 593. The van der Waals surface area contributed by atoms with Crippen LogP contribution >= 0.6 is 0 Å². The van der Waals surface area contributed by atoms with Crippen molar-refractivity contribution in [3.05, 3.63) is 60.2 Å². The van der Waals surface area contributed by atoms with Crippen molar-refractivity contribution in [2.45, 2.75) is 83.7 Å². The fourth-order valence-electron chi connectivity index (χ4n) is 3.46. The molecule has 0 amide bonds. The number of unbranched alkanes of at least 4 members (excludes halogenated alkanes) is 6. The maximum absolute atomic E-state index is 10.1. The van der Waals surface area contributed by atoms with E-state index in [0.29, 0.717) is 0 Å². The summed E-state index contributed by atoms with van der Waals surface area (Å²) < 4.78 is 0. The summed E-state index contributed by atoms with van der Waals surface area (Å²) in [6.45, 7) is 2.25. The van der Waals surface area contributed by atoms with Crippen molar-refractivity contribution >= 4 is 11.4 Å². The average molecular weight is 368 g/mol. The van der Waals surface area contributed by atoms with E-state index in [9.17, 15) is 5.11 Å². The molecule has 2 nitrogen and oxygen atoms in total. The molecule has 0 saturated heterocycles. The van der Waals surface area contributed by atoms with Crippen LogP contribution < -0.4 is 5.32 Å². The maximum Gasteiger partial charge on any atom is 0.0540 e. The molecule has 0 bridgehead atoms. The molecule has 0 aliphatic carbocycles. The minimum Gasteiger partial charge on any atom is -0.393 e. The number of aryl methyl sites for hydroxylation is 1. The van der Waals surface area contributed by atoms with Crippen molar-refractivity contribution in [1.82, 2.24) is 0 Å². The molecule has 0 aromatic heterocycles. The Hall–Kier alpha value is -1.80. The van der Waals surface area contributed by atoms with Gasteiger partial charge in [0.2, 0.25) is 0 Å². The molecule has 0 saturated carbocycles. The molecule has 1 atom stereocenters. The fourth-order valence-corrected chi connectivity index (χ4v) is 3.46. The smallest absolute Gasteiger partial charge is 0.0540 e. The first-order valence-corrected chi connectivity index (χ1v) is 10.9. The van der Waals surface area contributed by atoms with Crippen molar-refractivity contribution < 1.29 is 5.11 Å². The van der Waals surface area contributed by atoms with Gasteiger partial charge in [-0.2, -0.15) is 0 Å². The Morgan fingerprint density at radius 1 is 0.704 bits per heavy atom. The SMILES string of the molecule is CCCCCCCCC(O)CCCCc1ccc(Nc2ccccc2)cc1. The third kappa shape index (κ3) is 9.63. The summed E-state index contributed by atoms with van der Waals surface area (Å²) in [5.41, 5.74) is 3.61. The van der Waals surface area contributed by atoms with Gasteiger partial charge in [0.15, 0.2) is 0 Å². The van der Waals surface area contributed by atoms with Crippen LogP contribution in [0.1, 0.15) is 76.7 Å². The number of hydrogen-bond donors (Lipinski definition) is 2. The van der Waals surface area contributed by atoms with Gasteiger partial charge < -0.3 is 10.4 Å². The number of benzene rings is 2. The Morgan fingerprint density at radius 2 is 1.30 bits per heavy atom. The van der Waals surface area contributed by atoms with Gasteiger partial charge in [-0.3, -0.25) is 0 Å². The van der Waals surface area contributed by atoms with E-state index >= 15 is 0 Å². The molecule has 0 aliphatic heterocycles. The first kappa shape index (κ1) is 21.5. The molecule has 2 rings (SSSR count). The van der Waals surface area contributed by atoms with Crippen LogP contribution in [0.4, 0.5) is 11.4 Å². The molecular weight excluding hydrogens is 330 g/mol. The standard InChI is InChI=1S/C25H37NO/c1-2-3-4-5-6-10-16-25(27)17-12-11-13-22-18-20-24(21-19-22)26-23-14-8-7-9-15-23/h7-9,14-15,18-21,25-27H,2-6,10-13,16-17H2,1H3. The summed E-state index contributed by atoms with van der Waals surface area (Å²) in [7, 11) is 0. The minimum atomic E-state index is -0.103. The highest BCUT2D eigenvalue weighted by Gasteiger charge is 2.04. The average Bonchev–Trinajstić information content (AvgIpc) is 2.70. The number of nitrogens with one attached hydrogen (secondary N) is 1. The second kappa shape index (κ2) is 13.4. The van der Waals surface area contributed by atoms with Gasteiger partial charge >= 0.3 is 0 Å². The molecule has 148 valence electrons. The van der Waals surface area contributed by atoms with E-state index in [1.54, 1.807) is 0 Å². The van der Waals surface area contributed by atoms with Crippen molar-refractivity contribution in [2.75, 3.05) is 5.32 Å². The van der Waals surface area contributed by atoms with Crippen molar-refractivity contribution in [3.63, 3.8) is 0 Å². The van der Waals surface area contributed by atoms with Crippen LogP contribution in [-0.2, 0) is 6.42 Å². The number of aliphatic hydroxyl groups excluding tert-OH is 1. The zero-order valence-electron chi connectivity index (χ0n) is 17.0. The van der Waals surface area contributed by atoms with Gasteiger partial charge in [-0.25, -0.2) is 0 Å². The lowest BCUT2D eigenvalue weighted by molar-refractivity contribution is 0.147. The third-order valence-electron chi connectivity index (χ3n) is 5.16. The third-order valence-corrected chi connectivity index (χ3v) is 5.16. The maximum atomic E-state index is 10.1. The summed E-state index contributed by atoms with van der Waals surface area (Å²) in [4.78, 5) is 0. The van der Waals surface area contributed by atoms with Gasteiger partial charge in [-0.05, 0) is 55.5 Å². The molecule has 0 radical (unpaired) electrons. The van der Waals surface area contributed by atoms with Crippen LogP contribution in [0.3, 0.4) is 0 Å². The molecule has 27 heavy (non-hydrogen) atoms. The number of rotatable bonds is 14. The van der Waals surface area contributed by atoms with Gasteiger partial charge in [0.05, 0.1) is 6.10 Å². The number of anilines is 2. The topological polar surface area (TPSA) is 32.3 Å². The molecule has 0 spiro atoms. The van der Waals surface area contributed by atoms with Gasteiger partial charge in [-0.1, -0.05) is 82.2 Å². The van der Waals surface area contributed by atoms with Crippen molar-refractivity contribution in [2.24, 2.45) is 0 Å². The Balaban J connectivity index is 1.55. The zero-order chi connectivity index (χ0) is 19.2. The van der Waals surface area contributed by atoms with E-state index in [1.165, 1.54) is 44.1 Å². The summed E-state index contributed by atoms with van der Waals surface area (Å²) in [5, 5.41) is 13.5. The highest BCUT2D eigenvalue weighted by Crippen LogP contribution is 2.18. The van der Waals surface area contributed by atoms with E-state index in [1.807, 2.05) is 18.2 Å². The second-order valence-electron chi connectivity index (χ2n) is 7.64. The van der Waals surface area contributed by atoms with E-state index in [2.05, 4.69) is 48.6 Å². The van der Waals surface area contributed by atoms with Crippen LogP contribution in [0.25, 0.3) is 0 Å². The number of hydrogen-bond acceptors (Lipinski definition) is 2. The lowest BCUT2D eigenvalue weighted by Gasteiger charge is -2.11.